The van der Waals surface area contributed by atoms with Crippen LogP contribution in [-0.2, 0) is 11.3 Å². The summed E-state index contributed by atoms with van der Waals surface area (Å²) in [5, 5.41) is 3.34. The Kier molecular flexibility index (Phi) is 4.17. The molecule has 2 heterocycles. The molecule has 2 amide bonds. The SMILES string of the molecule is CC(=O)Nc1nc(C)c(-c2cc(C)c3c(c2)CN(C(C)C)C3=O)s1. The van der Waals surface area contributed by atoms with Crippen LogP contribution in [0.1, 0.15) is 48.0 Å². The van der Waals surface area contributed by atoms with E-state index in [9.17, 15) is 9.59 Å². The van der Waals surface area contributed by atoms with Gasteiger partial charge in [0.1, 0.15) is 0 Å². The van der Waals surface area contributed by atoms with Crippen LogP contribution in [0, 0.1) is 13.8 Å². The maximum Gasteiger partial charge on any atom is 0.255 e. The van der Waals surface area contributed by atoms with Crippen LogP contribution in [-0.4, -0.2) is 27.7 Å². The Morgan fingerprint density at radius 1 is 1.33 bits per heavy atom. The highest BCUT2D eigenvalue weighted by atomic mass is 32.1. The zero-order chi connectivity index (χ0) is 17.6. The van der Waals surface area contributed by atoms with E-state index in [1.165, 1.54) is 18.3 Å². The highest BCUT2D eigenvalue weighted by molar-refractivity contribution is 7.19. The molecular weight excluding hydrogens is 322 g/mol. The summed E-state index contributed by atoms with van der Waals surface area (Å²) in [6.45, 7) is 10.1. The van der Waals surface area contributed by atoms with E-state index in [0.29, 0.717) is 11.7 Å². The average molecular weight is 343 g/mol. The van der Waals surface area contributed by atoms with Crippen LogP contribution < -0.4 is 5.32 Å². The topological polar surface area (TPSA) is 62.3 Å². The molecule has 0 unspecified atom stereocenters. The van der Waals surface area contributed by atoms with E-state index in [0.717, 1.165) is 32.8 Å². The molecule has 0 saturated carbocycles. The molecule has 0 aliphatic carbocycles. The zero-order valence-corrected chi connectivity index (χ0v) is 15.4. The summed E-state index contributed by atoms with van der Waals surface area (Å²) in [4.78, 5) is 31.1. The Labute approximate surface area is 145 Å². The van der Waals surface area contributed by atoms with E-state index >= 15 is 0 Å². The fraction of sp³-hybridized carbons (Fsp3) is 0.389. The lowest BCUT2D eigenvalue weighted by Gasteiger charge is -2.19. The van der Waals surface area contributed by atoms with Gasteiger partial charge in [-0.25, -0.2) is 4.98 Å². The summed E-state index contributed by atoms with van der Waals surface area (Å²) in [6, 6.07) is 4.31. The third-order valence-corrected chi connectivity index (χ3v) is 5.32. The Hall–Kier alpha value is -2.21. The largest absolute Gasteiger partial charge is 0.332 e. The van der Waals surface area contributed by atoms with Crippen LogP contribution in [0.3, 0.4) is 0 Å². The number of hydrogen-bond donors (Lipinski definition) is 1. The van der Waals surface area contributed by atoms with Crippen LogP contribution in [0.4, 0.5) is 5.13 Å². The Morgan fingerprint density at radius 3 is 2.67 bits per heavy atom. The number of fused-ring (bicyclic) bond motifs is 1. The van der Waals surface area contributed by atoms with Gasteiger partial charge < -0.3 is 10.2 Å². The molecule has 24 heavy (non-hydrogen) atoms. The molecule has 3 rings (SSSR count). The molecule has 1 aliphatic rings. The van der Waals surface area contributed by atoms with Crippen molar-refractivity contribution < 1.29 is 9.59 Å². The number of nitrogens with zero attached hydrogens (tertiary/aromatic N) is 2. The van der Waals surface area contributed by atoms with Gasteiger partial charge in [-0.2, -0.15) is 0 Å². The molecular formula is C18H21N3O2S. The quantitative estimate of drug-likeness (QED) is 0.923. The second kappa shape index (κ2) is 6.02. The number of rotatable bonds is 3. The van der Waals surface area contributed by atoms with Gasteiger partial charge in [0.25, 0.3) is 5.91 Å². The lowest BCUT2D eigenvalue weighted by atomic mass is 9.99. The van der Waals surface area contributed by atoms with E-state index in [4.69, 9.17) is 0 Å². The maximum atomic E-state index is 12.6. The van der Waals surface area contributed by atoms with Crippen molar-refractivity contribution in [1.82, 2.24) is 9.88 Å². The van der Waals surface area contributed by atoms with Crippen molar-refractivity contribution in [3.63, 3.8) is 0 Å². The average Bonchev–Trinajstić information content (AvgIpc) is 2.99. The number of hydrogen-bond acceptors (Lipinski definition) is 4. The highest BCUT2D eigenvalue weighted by Crippen LogP contribution is 2.37. The number of aryl methyl sites for hydroxylation is 2. The summed E-state index contributed by atoms with van der Waals surface area (Å²) >= 11 is 1.46. The second-order valence-corrected chi connectivity index (χ2v) is 7.47. The number of thiazole rings is 1. The first-order chi connectivity index (χ1) is 11.3. The number of anilines is 1. The number of aromatic nitrogens is 1. The summed E-state index contributed by atoms with van der Waals surface area (Å²) in [5.74, 6) is -0.0115. The number of amides is 2. The van der Waals surface area contributed by atoms with Crippen molar-refractivity contribution in [3.05, 3.63) is 34.5 Å². The minimum absolute atomic E-state index is 0.115. The standard InChI is InChI=1S/C18H21N3O2S/c1-9(2)21-8-14-7-13(6-10(3)15(14)17(21)23)16-11(4)19-18(24-16)20-12(5)22/h6-7,9H,8H2,1-5H3,(H,19,20,22). The van der Waals surface area contributed by atoms with Crippen molar-refractivity contribution in [2.75, 3.05) is 5.32 Å². The first-order valence-corrected chi connectivity index (χ1v) is 8.79. The van der Waals surface area contributed by atoms with E-state index in [1.54, 1.807) is 0 Å². The van der Waals surface area contributed by atoms with E-state index in [1.807, 2.05) is 38.7 Å². The van der Waals surface area contributed by atoms with Gasteiger partial charge in [0.05, 0.1) is 10.6 Å². The molecule has 0 spiro atoms. The van der Waals surface area contributed by atoms with Crippen LogP contribution in [0.2, 0.25) is 0 Å². The molecule has 0 saturated heterocycles. The molecule has 0 fully saturated rings. The minimum Gasteiger partial charge on any atom is -0.332 e. The minimum atomic E-state index is -0.126. The number of carbonyl (C=O) groups excluding carboxylic acids is 2. The number of carbonyl (C=O) groups is 2. The van der Waals surface area contributed by atoms with Crippen molar-refractivity contribution in [1.29, 1.82) is 0 Å². The Morgan fingerprint density at radius 2 is 2.04 bits per heavy atom. The van der Waals surface area contributed by atoms with Crippen molar-refractivity contribution in [2.45, 2.75) is 47.2 Å². The third kappa shape index (κ3) is 2.82. The maximum absolute atomic E-state index is 12.6. The lowest BCUT2D eigenvalue weighted by Crippen LogP contribution is -2.30. The first kappa shape index (κ1) is 16.6. The third-order valence-electron chi connectivity index (χ3n) is 4.20. The van der Waals surface area contributed by atoms with Crippen molar-refractivity contribution >= 4 is 28.3 Å². The van der Waals surface area contributed by atoms with Gasteiger partial charge in [0.2, 0.25) is 5.91 Å². The fourth-order valence-electron chi connectivity index (χ4n) is 3.11. The van der Waals surface area contributed by atoms with Crippen molar-refractivity contribution in [3.8, 4) is 10.4 Å². The summed E-state index contributed by atoms with van der Waals surface area (Å²) < 4.78 is 0. The van der Waals surface area contributed by atoms with E-state index in [2.05, 4.69) is 16.4 Å². The van der Waals surface area contributed by atoms with E-state index < -0.39 is 0 Å². The van der Waals surface area contributed by atoms with Crippen LogP contribution in [0.5, 0.6) is 0 Å². The first-order valence-electron chi connectivity index (χ1n) is 7.97. The van der Waals surface area contributed by atoms with E-state index in [-0.39, 0.29) is 17.9 Å². The molecule has 6 heteroatoms. The highest BCUT2D eigenvalue weighted by Gasteiger charge is 2.31. The molecule has 0 radical (unpaired) electrons. The van der Waals surface area contributed by atoms with Gasteiger partial charge in [-0.15, -0.1) is 0 Å². The van der Waals surface area contributed by atoms with Gasteiger partial charge in [-0.3, -0.25) is 9.59 Å². The van der Waals surface area contributed by atoms with Gasteiger partial charge in [0, 0.05) is 25.1 Å². The molecule has 0 bridgehead atoms. The predicted molar refractivity (Wildman–Crippen MR) is 96.3 cm³/mol. The Balaban J connectivity index is 2.03. The molecule has 2 aromatic rings. The molecule has 1 aromatic heterocycles. The predicted octanol–water partition coefficient (Wildman–Crippen LogP) is 3.75. The second-order valence-electron chi connectivity index (χ2n) is 6.47. The molecule has 126 valence electrons. The van der Waals surface area contributed by atoms with Gasteiger partial charge >= 0.3 is 0 Å². The van der Waals surface area contributed by atoms with Gasteiger partial charge in [0.15, 0.2) is 5.13 Å². The van der Waals surface area contributed by atoms with Crippen LogP contribution in [0.25, 0.3) is 10.4 Å². The van der Waals surface area contributed by atoms with Crippen LogP contribution >= 0.6 is 11.3 Å². The molecule has 1 aromatic carbocycles. The fourth-order valence-corrected chi connectivity index (χ4v) is 4.11. The summed E-state index contributed by atoms with van der Waals surface area (Å²) in [7, 11) is 0. The molecule has 5 nitrogen and oxygen atoms in total. The molecule has 1 aliphatic heterocycles. The normalized spacial score (nSPS) is 13.6. The van der Waals surface area contributed by atoms with Crippen molar-refractivity contribution in [2.24, 2.45) is 0 Å². The number of benzene rings is 1. The monoisotopic (exact) mass is 343 g/mol. The molecule has 0 atom stereocenters. The number of nitrogens with one attached hydrogen (secondary N) is 1. The smallest absolute Gasteiger partial charge is 0.255 e. The summed E-state index contributed by atoms with van der Waals surface area (Å²) in [5.41, 5.74) is 4.82. The van der Waals surface area contributed by atoms with Gasteiger partial charge in [-0.1, -0.05) is 11.3 Å². The van der Waals surface area contributed by atoms with Crippen LogP contribution in [0.15, 0.2) is 12.1 Å². The zero-order valence-electron chi connectivity index (χ0n) is 14.6. The summed E-state index contributed by atoms with van der Waals surface area (Å²) in [6.07, 6.45) is 0. The lowest BCUT2D eigenvalue weighted by molar-refractivity contribution is -0.114. The van der Waals surface area contributed by atoms with Gasteiger partial charge in [-0.05, 0) is 56.5 Å². The molecule has 1 N–H and O–H groups in total. The Bertz CT molecular complexity index is 839.